The molecular weight excluding hydrogens is 398 g/mol. The first-order chi connectivity index (χ1) is 14.0. The molecule has 0 N–H and O–H groups in total. The van der Waals surface area contributed by atoms with Crippen LogP contribution in [-0.4, -0.2) is 31.9 Å². The molecule has 3 heterocycles. The first kappa shape index (κ1) is 18.5. The quantitative estimate of drug-likeness (QED) is 0.589. The number of hydrogen-bond donors (Lipinski definition) is 0. The molecule has 29 heavy (non-hydrogen) atoms. The van der Waals surface area contributed by atoms with Crippen LogP contribution in [0.15, 0.2) is 36.5 Å². The standard InChI is InChI=1S/C21H19ClF2N4O/c22-14-7-5-13(6-8-14)17-2-1-9-27(17)21(29)15-11-25-28-18(19(23)24)10-16(12-3-4-12)26-20(15)28/h5-8,10-12,17,19H,1-4,9H2/t17-/m1/s1. The SMILES string of the molecule is O=C(c1cnn2c(C(F)F)cc(C3CC3)nc12)N1CCC[C@@H]1c1ccc(Cl)cc1. The number of likely N-dealkylation sites (tertiary alicyclic amines) is 1. The van der Waals surface area contributed by atoms with Gasteiger partial charge in [-0.2, -0.15) is 5.10 Å². The summed E-state index contributed by atoms with van der Waals surface area (Å²) in [6, 6.07) is 8.82. The number of aromatic nitrogens is 3. The molecule has 2 aliphatic rings. The van der Waals surface area contributed by atoms with E-state index in [4.69, 9.17) is 11.6 Å². The monoisotopic (exact) mass is 416 g/mol. The van der Waals surface area contributed by atoms with Crippen LogP contribution in [0, 0.1) is 0 Å². The molecule has 1 aliphatic heterocycles. The highest BCUT2D eigenvalue weighted by molar-refractivity contribution is 6.30. The van der Waals surface area contributed by atoms with Gasteiger partial charge in [-0.05, 0) is 49.4 Å². The van der Waals surface area contributed by atoms with Crippen LogP contribution in [0.25, 0.3) is 5.65 Å². The molecule has 3 aromatic rings. The molecule has 0 unspecified atom stereocenters. The van der Waals surface area contributed by atoms with Crippen molar-refractivity contribution in [2.45, 2.75) is 44.1 Å². The van der Waals surface area contributed by atoms with Gasteiger partial charge in [0.1, 0.15) is 11.3 Å². The number of carbonyl (C=O) groups excluding carboxylic acids is 1. The van der Waals surface area contributed by atoms with Gasteiger partial charge in [-0.15, -0.1) is 0 Å². The maximum absolute atomic E-state index is 13.6. The fourth-order valence-electron chi connectivity index (χ4n) is 4.10. The minimum absolute atomic E-state index is 0.0732. The van der Waals surface area contributed by atoms with Crippen molar-refractivity contribution < 1.29 is 13.6 Å². The number of halogens is 3. The van der Waals surface area contributed by atoms with Crippen molar-refractivity contribution in [3.05, 3.63) is 64.1 Å². The Bertz CT molecular complexity index is 1080. The molecule has 150 valence electrons. The Morgan fingerprint density at radius 2 is 1.93 bits per heavy atom. The maximum Gasteiger partial charge on any atom is 0.280 e. The lowest BCUT2D eigenvalue weighted by Gasteiger charge is -2.24. The second-order valence-electron chi connectivity index (χ2n) is 7.68. The Morgan fingerprint density at radius 1 is 1.17 bits per heavy atom. The third kappa shape index (κ3) is 3.27. The van der Waals surface area contributed by atoms with Crippen LogP contribution in [-0.2, 0) is 0 Å². The summed E-state index contributed by atoms with van der Waals surface area (Å²) in [6.07, 6.45) is 2.28. The van der Waals surface area contributed by atoms with Crippen LogP contribution in [0.5, 0.6) is 0 Å². The summed E-state index contributed by atoms with van der Waals surface area (Å²) in [5, 5.41) is 4.71. The van der Waals surface area contributed by atoms with Crippen molar-refractivity contribution in [3.8, 4) is 0 Å². The molecule has 5 rings (SSSR count). The fraction of sp³-hybridized carbons (Fsp3) is 0.381. The highest BCUT2D eigenvalue weighted by Crippen LogP contribution is 2.41. The fourth-order valence-corrected chi connectivity index (χ4v) is 4.22. The average molecular weight is 417 g/mol. The highest BCUT2D eigenvalue weighted by Gasteiger charge is 2.34. The first-order valence-corrected chi connectivity index (χ1v) is 10.1. The number of hydrogen-bond acceptors (Lipinski definition) is 3. The predicted octanol–water partition coefficient (Wildman–Crippen LogP) is 5.18. The molecule has 1 aliphatic carbocycles. The Labute approximate surface area is 171 Å². The zero-order chi connectivity index (χ0) is 20.1. The molecular formula is C21H19ClF2N4O. The second kappa shape index (κ2) is 7.06. The number of fused-ring (bicyclic) bond motifs is 1. The zero-order valence-corrected chi connectivity index (χ0v) is 16.3. The minimum atomic E-state index is -2.69. The molecule has 0 bridgehead atoms. The van der Waals surface area contributed by atoms with Crippen molar-refractivity contribution in [1.82, 2.24) is 19.5 Å². The Morgan fingerprint density at radius 3 is 2.62 bits per heavy atom. The van der Waals surface area contributed by atoms with E-state index in [9.17, 15) is 13.6 Å². The normalized spacial score (nSPS) is 19.4. The van der Waals surface area contributed by atoms with Gasteiger partial charge in [-0.25, -0.2) is 18.3 Å². The zero-order valence-electron chi connectivity index (χ0n) is 15.6. The number of alkyl halides is 2. The molecule has 2 fully saturated rings. The Balaban J connectivity index is 1.54. The van der Waals surface area contributed by atoms with Crippen molar-refractivity contribution in [2.75, 3.05) is 6.54 Å². The predicted molar refractivity (Wildman–Crippen MR) is 104 cm³/mol. The summed E-state index contributed by atoms with van der Waals surface area (Å²) in [5.41, 5.74) is 1.91. The van der Waals surface area contributed by atoms with E-state index in [0.29, 0.717) is 17.3 Å². The van der Waals surface area contributed by atoms with Crippen molar-refractivity contribution in [2.24, 2.45) is 0 Å². The van der Waals surface area contributed by atoms with Crippen molar-refractivity contribution in [1.29, 1.82) is 0 Å². The molecule has 1 atom stereocenters. The molecule has 8 heteroatoms. The van der Waals surface area contributed by atoms with E-state index in [1.54, 1.807) is 4.90 Å². The van der Waals surface area contributed by atoms with Gasteiger partial charge in [0, 0.05) is 23.2 Å². The summed E-state index contributed by atoms with van der Waals surface area (Å²) in [7, 11) is 0. The molecule has 0 radical (unpaired) electrons. The van der Waals surface area contributed by atoms with Gasteiger partial charge in [0.05, 0.1) is 12.2 Å². The summed E-state index contributed by atoms with van der Waals surface area (Å²) in [6.45, 7) is 0.605. The highest BCUT2D eigenvalue weighted by atomic mass is 35.5. The lowest BCUT2D eigenvalue weighted by molar-refractivity contribution is 0.0737. The van der Waals surface area contributed by atoms with Crippen LogP contribution in [0.2, 0.25) is 5.02 Å². The van der Waals surface area contributed by atoms with Crippen LogP contribution >= 0.6 is 11.6 Å². The molecule has 2 aromatic heterocycles. The molecule has 1 aromatic carbocycles. The maximum atomic E-state index is 13.6. The number of rotatable bonds is 4. The lowest BCUT2D eigenvalue weighted by atomic mass is 10.0. The summed E-state index contributed by atoms with van der Waals surface area (Å²) in [5.74, 6) is -0.0259. The van der Waals surface area contributed by atoms with Crippen LogP contribution < -0.4 is 0 Å². The van der Waals surface area contributed by atoms with E-state index in [-0.39, 0.29) is 34.8 Å². The lowest BCUT2D eigenvalue weighted by Crippen LogP contribution is -2.30. The van der Waals surface area contributed by atoms with Gasteiger partial charge in [0.25, 0.3) is 12.3 Å². The number of nitrogens with zero attached hydrogens (tertiary/aromatic N) is 4. The largest absolute Gasteiger partial charge is 0.331 e. The number of carbonyl (C=O) groups is 1. The summed E-state index contributed by atoms with van der Waals surface area (Å²) < 4.78 is 28.3. The van der Waals surface area contributed by atoms with E-state index >= 15 is 0 Å². The Kier molecular flexibility index (Phi) is 4.50. The van der Waals surface area contributed by atoms with Gasteiger partial charge in [-0.1, -0.05) is 23.7 Å². The molecule has 0 spiro atoms. The van der Waals surface area contributed by atoms with Gasteiger partial charge in [0.2, 0.25) is 0 Å². The molecule has 5 nitrogen and oxygen atoms in total. The van der Waals surface area contributed by atoms with E-state index in [1.807, 2.05) is 24.3 Å². The smallest absolute Gasteiger partial charge is 0.280 e. The van der Waals surface area contributed by atoms with E-state index in [2.05, 4.69) is 10.1 Å². The average Bonchev–Trinajstić information content (AvgIpc) is 3.29. The van der Waals surface area contributed by atoms with E-state index < -0.39 is 6.43 Å². The van der Waals surface area contributed by atoms with Crippen LogP contribution in [0.3, 0.4) is 0 Å². The van der Waals surface area contributed by atoms with Crippen LogP contribution in [0.4, 0.5) is 8.78 Å². The van der Waals surface area contributed by atoms with Crippen LogP contribution in [0.1, 0.15) is 71.4 Å². The number of benzene rings is 1. The first-order valence-electron chi connectivity index (χ1n) is 9.76. The summed E-state index contributed by atoms with van der Waals surface area (Å²) in [4.78, 5) is 19.7. The molecule has 1 saturated heterocycles. The molecule has 1 saturated carbocycles. The van der Waals surface area contributed by atoms with Gasteiger partial charge < -0.3 is 4.90 Å². The summed E-state index contributed by atoms with van der Waals surface area (Å²) >= 11 is 5.99. The second-order valence-corrected chi connectivity index (χ2v) is 8.12. The molecule has 1 amide bonds. The number of amides is 1. The van der Waals surface area contributed by atoms with Crippen molar-refractivity contribution >= 4 is 23.2 Å². The van der Waals surface area contributed by atoms with E-state index in [1.165, 1.54) is 12.3 Å². The third-order valence-electron chi connectivity index (χ3n) is 5.74. The van der Waals surface area contributed by atoms with Crippen molar-refractivity contribution in [3.63, 3.8) is 0 Å². The third-order valence-corrected chi connectivity index (χ3v) is 5.99. The van der Waals surface area contributed by atoms with Gasteiger partial charge >= 0.3 is 0 Å². The van der Waals surface area contributed by atoms with Gasteiger partial charge in [0.15, 0.2) is 5.65 Å². The van der Waals surface area contributed by atoms with Gasteiger partial charge in [-0.3, -0.25) is 4.79 Å². The Hall–Kier alpha value is -2.54. The topological polar surface area (TPSA) is 50.5 Å². The van der Waals surface area contributed by atoms with E-state index in [0.717, 1.165) is 35.8 Å². The minimum Gasteiger partial charge on any atom is -0.331 e.